The number of carbonyl (C=O) groups is 1. The monoisotopic (exact) mass is 429 g/mol. The molecule has 0 aliphatic carbocycles. The topological polar surface area (TPSA) is 79.0 Å². The molecule has 2 aliphatic heterocycles. The summed E-state index contributed by atoms with van der Waals surface area (Å²) < 4.78 is 33.3. The van der Waals surface area contributed by atoms with E-state index in [1.165, 1.54) is 5.56 Å². The van der Waals surface area contributed by atoms with Gasteiger partial charge in [0.1, 0.15) is 0 Å². The van der Waals surface area contributed by atoms with Crippen molar-refractivity contribution in [2.24, 2.45) is 0 Å². The molecule has 1 N–H and O–H groups in total. The molecular weight excluding hydrogens is 402 g/mol. The van der Waals surface area contributed by atoms with Gasteiger partial charge in [-0.25, -0.2) is 13.1 Å². The van der Waals surface area contributed by atoms with E-state index in [4.69, 9.17) is 4.74 Å². The van der Waals surface area contributed by atoms with Crippen molar-refractivity contribution >= 4 is 21.6 Å². The normalized spacial score (nSPS) is 18.1. The lowest BCUT2D eigenvalue weighted by molar-refractivity contribution is -0.117. The first kappa shape index (κ1) is 21.0. The number of amides is 1. The fraction of sp³-hybridized carbons (Fsp3) is 0.409. The molecule has 2 aliphatic rings. The number of anilines is 1. The van der Waals surface area contributed by atoms with Crippen LogP contribution in [0.1, 0.15) is 24.0 Å². The van der Waals surface area contributed by atoms with Gasteiger partial charge in [-0.15, -0.1) is 0 Å². The Hall–Kier alpha value is -2.26. The average molecular weight is 430 g/mol. The summed E-state index contributed by atoms with van der Waals surface area (Å²) in [6.07, 6.45) is 1.39. The largest absolute Gasteiger partial charge is 0.379 e. The van der Waals surface area contributed by atoms with E-state index in [2.05, 4.69) is 9.62 Å². The van der Waals surface area contributed by atoms with Gasteiger partial charge >= 0.3 is 0 Å². The number of benzene rings is 2. The molecule has 0 saturated carbocycles. The number of hydrogen-bond acceptors (Lipinski definition) is 5. The standard InChI is InChI=1S/C22H27N3O4S/c26-22-2-1-11-25(22)20-7-9-21(10-8-20)30(27,28)23-16-18-3-5-19(6-4-18)17-24-12-14-29-15-13-24/h3-10,23H,1-2,11-17H2. The second kappa shape index (κ2) is 9.26. The van der Waals surface area contributed by atoms with E-state index in [-0.39, 0.29) is 17.3 Å². The van der Waals surface area contributed by atoms with Crippen molar-refractivity contribution in [1.82, 2.24) is 9.62 Å². The van der Waals surface area contributed by atoms with Gasteiger partial charge in [0.15, 0.2) is 0 Å². The molecule has 2 heterocycles. The molecule has 7 nitrogen and oxygen atoms in total. The number of nitrogens with zero attached hydrogens (tertiary/aromatic N) is 2. The molecule has 0 atom stereocenters. The third kappa shape index (κ3) is 5.07. The summed E-state index contributed by atoms with van der Waals surface area (Å²) in [6, 6.07) is 14.5. The van der Waals surface area contributed by atoms with Crippen LogP contribution < -0.4 is 9.62 Å². The molecule has 160 valence electrons. The van der Waals surface area contributed by atoms with Crippen molar-refractivity contribution < 1.29 is 17.9 Å². The van der Waals surface area contributed by atoms with Crippen molar-refractivity contribution in [3.63, 3.8) is 0 Å². The highest BCUT2D eigenvalue weighted by molar-refractivity contribution is 7.89. The van der Waals surface area contributed by atoms with Crippen LogP contribution in [-0.2, 0) is 32.6 Å². The molecule has 2 aromatic carbocycles. The second-order valence-corrected chi connectivity index (χ2v) is 9.44. The number of sulfonamides is 1. The van der Waals surface area contributed by atoms with Gasteiger partial charge in [-0.3, -0.25) is 9.69 Å². The Morgan fingerprint density at radius 1 is 0.900 bits per heavy atom. The predicted molar refractivity (Wildman–Crippen MR) is 115 cm³/mol. The Kier molecular flexibility index (Phi) is 6.48. The van der Waals surface area contributed by atoms with Gasteiger partial charge in [0, 0.05) is 44.8 Å². The number of morpholine rings is 1. The van der Waals surface area contributed by atoms with Gasteiger partial charge in [-0.2, -0.15) is 0 Å². The van der Waals surface area contributed by atoms with E-state index in [9.17, 15) is 13.2 Å². The molecular formula is C22H27N3O4S. The minimum Gasteiger partial charge on any atom is -0.379 e. The van der Waals surface area contributed by atoms with E-state index in [0.717, 1.165) is 50.5 Å². The molecule has 2 fully saturated rings. The van der Waals surface area contributed by atoms with E-state index in [0.29, 0.717) is 13.0 Å². The maximum atomic E-state index is 12.6. The average Bonchev–Trinajstić information content (AvgIpc) is 3.20. The molecule has 8 heteroatoms. The van der Waals surface area contributed by atoms with E-state index >= 15 is 0 Å². The first-order valence-corrected chi connectivity index (χ1v) is 11.8. The van der Waals surface area contributed by atoms with Crippen LogP contribution in [-0.4, -0.2) is 52.1 Å². The van der Waals surface area contributed by atoms with Crippen LogP contribution >= 0.6 is 0 Å². The lowest BCUT2D eigenvalue weighted by Gasteiger charge is -2.26. The van der Waals surface area contributed by atoms with Crippen LogP contribution in [0.2, 0.25) is 0 Å². The maximum absolute atomic E-state index is 12.6. The summed E-state index contributed by atoms with van der Waals surface area (Å²) in [7, 11) is -3.62. The molecule has 0 aromatic heterocycles. The van der Waals surface area contributed by atoms with E-state index < -0.39 is 10.0 Å². The number of hydrogen-bond donors (Lipinski definition) is 1. The molecule has 2 saturated heterocycles. The quantitative estimate of drug-likeness (QED) is 0.730. The van der Waals surface area contributed by atoms with Crippen LogP contribution in [0.3, 0.4) is 0 Å². The van der Waals surface area contributed by atoms with Crippen LogP contribution in [0.5, 0.6) is 0 Å². The van der Waals surface area contributed by atoms with E-state index in [1.807, 2.05) is 24.3 Å². The second-order valence-electron chi connectivity index (χ2n) is 7.67. The molecule has 4 rings (SSSR count). The number of nitrogens with one attached hydrogen (secondary N) is 1. The zero-order valence-electron chi connectivity index (χ0n) is 16.9. The smallest absolute Gasteiger partial charge is 0.240 e. The third-order valence-corrected chi connectivity index (χ3v) is 6.95. The lowest BCUT2D eigenvalue weighted by Crippen LogP contribution is -2.35. The molecule has 0 bridgehead atoms. The summed E-state index contributed by atoms with van der Waals surface area (Å²) in [5, 5.41) is 0. The highest BCUT2D eigenvalue weighted by Crippen LogP contribution is 2.23. The Balaban J connectivity index is 1.33. The minimum atomic E-state index is -3.62. The molecule has 0 spiro atoms. The number of ether oxygens (including phenoxy) is 1. The van der Waals surface area contributed by atoms with Crippen LogP contribution in [0.15, 0.2) is 53.4 Å². The van der Waals surface area contributed by atoms with Gasteiger partial charge in [0.2, 0.25) is 15.9 Å². The fourth-order valence-corrected chi connectivity index (χ4v) is 4.79. The van der Waals surface area contributed by atoms with Crippen LogP contribution in [0.25, 0.3) is 0 Å². The maximum Gasteiger partial charge on any atom is 0.240 e. The SMILES string of the molecule is O=C1CCCN1c1ccc(S(=O)(=O)NCc2ccc(CN3CCOCC3)cc2)cc1. The van der Waals surface area contributed by atoms with Crippen LogP contribution in [0, 0.1) is 0 Å². The summed E-state index contributed by atoms with van der Waals surface area (Å²) in [6.45, 7) is 5.21. The first-order chi connectivity index (χ1) is 14.5. The van der Waals surface area contributed by atoms with Crippen molar-refractivity contribution in [3.05, 3.63) is 59.7 Å². The molecule has 30 heavy (non-hydrogen) atoms. The minimum absolute atomic E-state index is 0.0841. The van der Waals surface area contributed by atoms with Crippen molar-refractivity contribution in [1.29, 1.82) is 0 Å². The lowest BCUT2D eigenvalue weighted by atomic mass is 10.1. The Labute approximate surface area is 177 Å². The Morgan fingerprint density at radius 2 is 1.57 bits per heavy atom. The van der Waals surface area contributed by atoms with Gasteiger partial charge in [0.25, 0.3) is 0 Å². The first-order valence-electron chi connectivity index (χ1n) is 10.3. The van der Waals surface area contributed by atoms with Gasteiger partial charge in [-0.05, 0) is 41.8 Å². The molecule has 1 amide bonds. The summed E-state index contributed by atoms with van der Waals surface area (Å²) in [5.74, 6) is 0.0841. The Morgan fingerprint density at radius 3 is 2.20 bits per heavy atom. The number of rotatable bonds is 7. The van der Waals surface area contributed by atoms with Gasteiger partial charge in [-0.1, -0.05) is 24.3 Å². The zero-order chi connectivity index (χ0) is 21.0. The van der Waals surface area contributed by atoms with Gasteiger partial charge < -0.3 is 9.64 Å². The predicted octanol–water partition coefficient (Wildman–Crippen LogP) is 2.12. The number of carbonyl (C=O) groups excluding carboxylic acids is 1. The van der Waals surface area contributed by atoms with Gasteiger partial charge in [0.05, 0.1) is 18.1 Å². The van der Waals surface area contributed by atoms with Crippen molar-refractivity contribution in [2.45, 2.75) is 30.8 Å². The van der Waals surface area contributed by atoms with Crippen LogP contribution in [0.4, 0.5) is 5.69 Å². The molecule has 0 unspecified atom stereocenters. The van der Waals surface area contributed by atoms with Crippen molar-refractivity contribution in [2.75, 3.05) is 37.7 Å². The highest BCUT2D eigenvalue weighted by Gasteiger charge is 2.22. The Bertz CT molecular complexity index is 968. The fourth-order valence-electron chi connectivity index (χ4n) is 3.77. The molecule has 0 radical (unpaired) electrons. The third-order valence-electron chi connectivity index (χ3n) is 5.53. The summed E-state index contributed by atoms with van der Waals surface area (Å²) in [5.41, 5.74) is 2.85. The van der Waals surface area contributed by atoms with E-state index in [1.54, 1.807) is 29.2 Å². The summed E-state index contributed by atoms with van der Waals surface area (Å²) in [4.78, 5) is 16.1. The van der Waals surface area contributed by atoms with Crippen molar-refractivity contribution in [3.8, 4) is 0 Å². The molecule has 2 aromatic rings. The highest BCUT2D eigenvalue weighted by atomic mass is 32.2. The zero-order valence-corrected chi connectivity index (χ0v) is 17.7. The summed E-state index contributed by atoms with van der Waals surface area (Å²) >= 11 is 0.